The van der Waals surface area contributed by atoms with Gasteiger partial charge in [0.1, 0.15) is 17.1 Å². The van der Waals surface area contributed by atoms with Crippen LogP contribution in [0.5, 0.6) is 11.5 Å². The van der Waals surface area contributed by atoms with Crippen molar-refractivity contribution < 1.29 is 24.2 Å². The predicted octanol–water partition coefficient (Wildman–Crippen LogP) is 3.19. The van der Waals surface area contributed by atoms with Crippen molar-refractivity contribution in [2.24, 2.45) is 0 Å². The zero-order valence-corrected chi connectivity index (χ0v) is 13.7. The number of carbonyl (C=O) groups excluding carboxylic acids is 1. The molecule has 6 heteroatoms. The van der Waals surface area contributed by atoms with Crippen LogP contribution in [0.3, 0.4) is 0 Å². The molecule has 0 saturated carbocycles. The minimum Gasteiger partial charge on any atom is -0.497 e. The third kappa shape index (κ3) is 4.04. The Hall–Kier alpha value is -3.02. The Labute approximate surface area is 140 Å². The minimum absolute atomic E-state index is 0.00261. The number of carboxylic acid groups (broad SMARTS) is 1. The van der Waals surface area contributed by atoms with Gasteiger partial charge >= 0.3 is 5.97 Å². The van der Waals surface area contributed by atoms with E-state index in [1.165, 1.54) is 12.1 Å². The van der Waals surface area contributed by atoms with Crippen LogP contribution in [-0.4, -0.2) is 29.7 Å². The fraction of sp³-hybridized carbons (Fsp3) is 0.222. The number of carboxylic acids is 1. The molecule has 0 unspecified atom stereocenters. The zero-order chi connectivity index (χ0) is 17.7. The molecule has 2 aromatic rings. The number of para-hydroxylation sites is 1. The summed E-state index contributed by atoms with van der Waals surface area (Å²) < 4.78 is 10.7. The molecule has 0 aliphatic heterocycles. The standard InChI is InChI=1S/C18H19NO5/c1-18(2,24-15-7-5-4-6-14(15)16(20)21)17(22)19-12-8-10-13(23-3)11-9-12/h4-11H,1-3H3,(H,19,22)(H,20,21). The van der Waals surface area contributed by atoms with E-state index in [-0.39, 0.29) is 11.3 Å². The maximum atomic E-state index is 12.5. The van der Waals surface area contributed by atoms with E-state index in [9.17, 15) is 14.7 Å². The van der Waals surface area contributed by atoms with E-state index >= 15 is 0 Å². The first kappa shape index (κ1) is 17.3. The molecule has 0 heterocycles. The van der Waals surface area contributed by atoms with E-state index in [1.54, 1.807) is 57.4 Å². The predicted molar refractivity (Wildman–Crippen MR) is 89.7 cm³/mol. The molecule has 24 heavy (non-hydrogen) atoms. The molecular weight excluding hydrogens is 310 g/mol. The number of anilines is 1. The number of methoxy groups -OCH3 is 1. The molecule has 2 N–H and O–H groups in total. The molecule has 0 aliphatic carbocycles. The molecule has 1 amide bonds. The second-order valence-corrected chi connectivity index (χ2v) is 5.60. The lowest BCUT2D eigenvalue weighted by Gasteiger charge is -2.26. The molecule has 0 aliphatic rings. The SMILES string of the molecule is COc1ccc(NC(=O)C(C)(C)Oc2ccccc2C(=O)O)cc1. The van der Waals surface area contributed by atoms with Gasteiger partial charge in [-0.3, -0.25) is 4.79 Å². The molecule has 0 spiro atoms. The van der Waals surface area contributed by atoms with Crippen molar-refractivity contribution in [3.05, 3.63) is 54.1 Å². The fourth-order valence-electron chi connectivity index (χ4n) is 2.01. The van der Waals surface area contributed by atoms with E-state index in [1.807, 2.05) is 0 Å². The van der Waals surface area contributed by atoms with Gasteiger partial charge in [-0.25, -0.2) is 4.79 Å². The molecule has 0 fully saturated rings. The van der Waals surface area contributed by atoms with Crippen LogP contribution in [0.2, 0.25) is 0 Å². The first-order valence-corrected chi connectivity index (χ1v) is 7.30. The highest BCUT2D eigenvalue weighted by Gasteiger charge is 2.31. The van der Waals surface area contributed by atoms with Gasteiger partial charge < -0.3 is 19.9 Å². The number of rotatable bonds is 6. The smallest absolute Gasteiger partial charge is 0.339 e. The van der Waals surface area contributed by atoms with Crippen LogP contribution in [0.25, 0.3) is 0 Å². The average Bonchev–Trinajstić information content (AvgIpc) is 2.55. The molecule has 126 valence electrons. The van der Waals surface area contributed by atoms with Gasteiger partial charge in [0, 0.05) is 5.69 Å². The van der Waals surface area contributed by atoms with Crippen LogP contribution in [0.1, 0.15) is 24.2 Å². The first-order chi connectivity index (χ1) is 11.3. The number of benzene rings is 2. The van der Waals surface area contributed by atoms with Gasteiger partial charge in [-0.1, -0.05) is 12.1 Å². The van der Waals surface area contributed by atoms with Crippen LogP contribution in [0, 0.1) is 0 Å². The van der Waals surface area contributed by atoms with Gasteiger partial charge in [-0.05, 0) is 50.2 Å². The van der Waals surface area contributed by atoms with E-state index in [2.05, 4.69) is 5.32 Å². The summed E-state index contributed by atoms with van der Waals surface area (Å²) in [4.78, 5) is 23.7. The van der Waals surface area contributed by atoms with Crippen molar-refractivity contribution in [3.8, 4) is 11.5 Å². The van der Waals surface area contributed by atoms with Gasteiger partial charge in [0.05, 0.1) is 7.11 Å². The fourth-order valence-corrected chi connectivity index (χ4v) is 2.01. The number of aromatic carboxylic acids is 1. The molecule has 0 aromatic heterocycles. The molecule has 0 radical (unpaired) electrons. The lowest BCUT2D eigenvalue weighted by atomic mass is 10.1. The van der Waals surface area contributed by atoms with Crippen LogP contribution in [0.15, 0.2) is 48.5 Å². The quantitative estimate of drug-likeness (QED) is 0.850. The third-order valence-corrected chi connectivity index (χ3v) is 3.38. The summed E-state index contributed by atoms with van der Waals surface area (Å²) in [5, 5.41) is 11.9. The molecule has 0 bridgehead atoms. The number of ether oxygens (including phenoxy) is 2. The summed E-state index contributed by atoms with van der Waals surface area (Å²) in [6.07, 6.45) is 0. The van der Waals surface area contributed by atoms with Gasteiger partial charge in [0.25, 0.3) is 5.91 Å². The van der Waals surface area contributed by atoms with Crippen molar-refractivity contribution in [1.29, 1.82) is 0 Å². The number of hydrogen-bond donors (Lipinski definition) is 2. The summed E-state index contributed by atoms with van der Waals surface area (Å²) in [6, 6.07) is 13.1. The number of carbonyl (C=O) groups is 2. The second kappa shape index (κ2) is 7.04. The average molecular weight is 329 g/mol. The van der Waals surface area contributed by atoms with Crippen molar-refractivity contribution in [2.75, 3.05) is 12.4 Å². The molecule has 0 saturated heterocycles. The summed E-state index contributed by atoms with van der Waals surface area (Å²) >= 11 is 0. The van der Waals surface area contributed by atoms with Crippen LogP contribution in [-0.2, 0) is 4.79 Å². The Kier molecular flexibility index (Phi) is 5.08. The van der Waals surface area contributed by atoms with Gasteiger partial charge in [0.15, 0.2) is 5.60 Å². The van der Waals surface area contributed by atoms with Crippen molar-refractivity contribution in [1.82, 2.24) is 0 Å². The first-order valence-electron chi connectivity index (χ1n) is 7.30. The summed E-state index contributed by atoms with van der Waals surface area (Å²) in [5.74, 6) is -0.691. The normalized spacial score (nSPS) is 10.8. The van der Waals surface area contributed by atoms with E-state index in [0.29, 0.717) is 11.4 Å². The van der Waals surface area contributed by atoms with Crippen molar-refractivity contribution in [3.63, 3.8) is 0 Å². The number of hydrogen-bond acceptors (Lipinski definition) is 4. The van der Waals surface area contributed by atoms with Gasteiger partial charge in [0.2, 0.25) is 0 Å². The number of amides is 1. The summed E-state index contributed by atoms with van der Waals surface area (Å²) in [5.41, 5.74) is -0.669. The molecule has 6 nitrogen and oxygen atoms in total. The Bertz CT molecular complexity index is 737. The summed E-state index contributed by atoms with van der Waals surface area (Å²) in [6.45, 7) is 3.15. The Morgan fingerprint density at radius 3 is 2.25 bits per heavy atom. The maximum Gasteiger partial charge on any atom is 0.339 e. The zero-order valence-electron chi connectivity index (χ0n) is 13.7. The van der Waals surface area contributed by atoms with E-state index < -0.39 is 17.5 Å². The monoisotopic (exact) mass is 329 g/mol. The Balaban J connectivity index is 2.14. The molecule has 2 rings (SSSR count). The van der Waals surface area contributed by atoms with Crippen molar-refractivity contribution in [2.45, 2.75) is 19.4 Å². The number of nitrogens with one attached hydrogen (secondary N) is 1. The molecule has 0 atom stereocenters. The van der Waals surface area contributed by atoms with Crippen LogP contribution >= 0.6 is 0 Å². The van der Waals surface area contributed by atoms with E-state index in [0.717, 1.165) is 0 Å². The van der Waals surface area contributed by atoms with E-state index in [4.69, 9.17) is 9.47 Å². The largest absolute Gasteiger partial charge is 0.497 e. The van der Waals surface area contributed by atoms with Gasteiger partial charge in [-0.15, -0.1) is 0 Å². The molecule has 2 aromatic carbocycles. The lowest BCUT2D eigenvalue weighted by molar-refractivity contribution is -0.128. The maximum absolute atomic E-state index is 12.5. The summed E-state index contributed by atoms with van der Waals surface area (Å²) in [7, 11) is 1.56. The van der Waals surface area contributed by atoms with Crippen LogP contribution < -0.4 is 14.8 Å². The topological polar surface area (TPSA) is 84.9 Å². The van der Waals surface area contributed by atoms with Gasteiger partial charge in [-0.2, -0.15) is 0 Å². The van der Waals surface area contributed by atoms with Crippen molar-refractivity contribution >= 4 is 17.6 Å². The molecular formula is C18H19NO5. The Morgan fingerprint density at radius 1 is 1.04 bits per heavy atom. The van der Waals surface area contributed by atoms with Crippen LogP contribution in [0.4, 0.5) is 5.69 Å². The highest BCUT2D eigenvalue weighted by atomic mass is 16.5. The highest BCUT2D eigenvalue weighted by molar-refractivity contribution is 5.97. The lowest BCUT2D eigenvalue weighted by Crippen LogP contribution is -2.42. The third-order valence-electron chi connectivity index (χ3n) is 3.38. The minimum atomic E-state index is -1.26. The second-order valence-electron chi connectivity index (χ2n) is 5.60. The Morgan fingerprint density at radius 2 is 1.67 bits per heavy atom. The highest BCUT2D eigenvalue weighted by Crippen LogP contribution is 2.24.